The van der Waals surface area contributed by atoms with Crippen LogP contribution in [0.2, 0.25) is 20.1 Å². The molecule has 0 aromatic heterocycles. The zero-order valence-corrected chi connectivity index (χ0v) is 13.5. The van der Waals surface area contributed by atoms with Crippen molar-refractivity contribution in [2.45, 2.75) is 26.3 Å². The van der Waals surface area contributed by atoms with Crippen molar-refractivity contribution in [3.8, 4) is 0 Å². The van der Waals surface area contributed by atoms with E-state index in [1.807, 2.05) is 0 Å². The summed E-state index contributed by atoms with van der Waals surface area (Å²) in [7, 11) is 0. The van der Waals surface area contributed by atoms with Crippen molar-refractivity contribution in [1.82, 2.24) is 0 Å². The highest BCUT2D eigenvalue weighted by Gasteiger charge is 2.31. The summed E-state index contributed by atoms with van der Waals surface area (Å²) in [6.45, 7) is 5.25. The summed E-state index contributed by atoms with van der Waals surface area (Å²) in [6.07, 6.45) is 0.206. The van der Waals surface area contributed by atoms with Crippen molar-refractivity contribution in [2.75, 3.05) is 4.90 Å². The molecule has 3 nitrogen and oxygen atoms in total. The molecule has 0 N–H and O–H groups in total. The molecule has 1 aromatic carbocycles. The van der Waals surface area contributed by atoms with E-state index in [-0.39, 0.29) is 32.1 Å². The molecule has 1 aromatic rings. The second-order valence-corrected chi connectivity index (χ2v) is 6.32. The number of benzene rings is 1. The Balaban J connectivity index is 3.57. The van der Waals surface area contributed by atoms with Gasteiger partial charge in [-0.05, 0) is 26.8 Å². The predicted octanol–water partition coefficient (Wildman–Crippen LogP) is 4.63. The molecule has 0 aliphatic heterocycles. The molecule has 7 heteroatoms. The minimum atomic E-state index is -0.746. The minimum absolute atomic E-state index is 0.0405. The van der Waals surface area contributed by atoms with Crippen LogP contribution in [0.5, 0.6) is 0 Å². The van der Waals surface area contributed by atoms with Crippen molar-refractivity contribution in [2.24, 2.45) is 0 Å². The van der Waals surface area contributed by atoms with Crippen LogP contribution in [0, 0.1) is 0 Å². The zero-order chi connectivity index (χ0) is 15.0. The third kappa shape index (κ3) is 3.34. The number of aldehydes is 1. The van der Waals surface area contributed by atoms with Crippen LogP contribution in [-0.2, 0) is 9.59 Å². The average molecular weight is 343 g/mol. The summed E-state index contributed by atoms with van der Waals surface area (Å²) in [5.74, 6) is -0.746. The first-order valence-corrected chi connectivity index (χ1v) is 6.74. The van der Waals surface area contributed by atoms with Gasteiger partial charge in [-0.2, -0.15) is 0 Å². The minimum Gasteiger partial charge on any atom is -0.299 e. The molecular formula is C12H11Cl4NO2. The number of nitrogens with zero attached hydrogens (tertiary/aromatic N) is 1. The molecule has 0 saturated carbocycles. The Kier molecular flexibility index (Phi) is 5.13. The monoisotopic (exact) mass is 341 g/mol. The lowest BCUT2D eigenvalue weighted by Gasteiger charge is -2.35. The summed E-state index contributed by atoms with van der Waals surface area (Å²) in [6, 6.07) is 1.41. The Morgan fingerprint density at radius 3 is 2.05 bits per heavy atom. The predicted molar refractivity (Wildman–Crippen MR) is 79.8 cm³/mol. The SMILES string of the molecule is CC(C)(C)N(C(=O)C=O)c1cc(Cl)c(Cl)c(Cl)c1Cl. The van der Waals surface area contributed by atoms with E-state index in [1.165, 1.54) is 11.0 Å². The molecule has 19 heavy (non-hydrogen) atoms. The van der Waals surface area contributed by atoms with Gasteiger partial charge in [-0.25, -0.2) is 0 Å². The maximum atomic E-state index is 11.8. The fourth-order valence-electron chi connectivity index (χ4n) is 1.59. The average Bonchev–Trinajstić information content (AvgIpc) is 2.31. The lowest BCUT2D eigenvalue weighted by Crippen LogP contribution is -2.46. The molecule has 0 aliphatic rings. The van der Waals surface area contributed by atoms with Crippen LogP contribution in [0.15, 0.2) is 6.07 Å². The lowest BCUT2D eigenvalue weighted by atomic mass is 10.0. The lowest BCUT2D eigenvalue weighted by molar-refractivity contribution is -0.130. The van der Waals surface area contributed by atoms with Crippen molar-refractivity contribution < 1.29 is 9.59 Å². The quantitative estimate of drug-likeness (QED) is 0.340. The fourth-order valence-corrected chi connectivity index (χ4v) is 2.46. The van der Waals surface area contributed by atoms with Gasteiger partial charge in [-0.1, -0.05) is 46.4 Å². The first kappa shape index (κ1) is 16.6. The molecule has 0 heterocycles. The van der Waals surface area contributed by atoms with Gasteiger partial charge in [0, 0.05) is 5.54 Å². The largest absolute Gasteiger partial charge is 0.299 e. The summed E-state index contributed by atoms with van der Waals surface area (Å²) in [5, 5.41) is 0.364. The van der Waals surface area contributed by atoms with Crippen LogP contribution in [0.1, 0.15) is 20.8 Å². The summed E-state index contributed by atoms with van der Waals surface area (Å²) < 4.78 is 0. The summed E-state index contributed by atoms with van der Waals surface area (Å²) in [4.78, 5) is 23.8. The second-order valence-electron chi connectivity index (χ2n) is 4.78. The Labute approximate surface area is 131 Å². The molecule has 0 bridgehead atoms. The molecule has 0 aliphatic carbocycles. The third-order valence-corrected chi connectivity index (χ3v) is 4.06. The number of amides is 1. The van der Waals surface area contributed by atoms with Crippen molar-refractivity contribution in [3.05, 3.63) is 26.2 Å². The van der Waals surface area contributed by atoms with Gasteiger partial charge in [0.1, 0.15) is 0 Å². The molecule has 1 amide bonds. The number of carbonyl (C=O) groups excluding carboxylic acids is 2. The summed E-state index contributed by atoms with van der Waals surface area (Å²) >= 11 is 23.8. The first-order chi connectivity index (χ1) is 8.61. The smallest absolute Gasteiger partial charge is 0.291 e. The number of anilines is 1. The van der Waals surface area contributed by atoms with Gasteiger partial charge in [0.25, 0.3) is 5.91 Å². The van der Waals surface area contributed by atoms with E-state index in [9.17, 15) is 9.59 Å². The highest BCUT2D eigenvalue weighted by atomic mass is 35.5. The maximum Gasteiger partial charge on any atom is 0.291 e. The van der Waals surface area contributed by atoms with Gasteiger partial charge in [-0.15, -0.1) is 0 Å². The van der Waals surface area contributed by atoms with Crippen molar-refractivity contribution in [3.63, 3.8) is 0 Å². The van der Waals surface area contributed by atoms with E-state index in [0.29, 0.717) is 0 Å². The first-order valence-electron chi connectivity index (χ1n) is 5.23. The molecule has 1 rings (SSSR count). The van der Waals surface area contributed by atoms with Gasteiger partial charge >= 0.3 is 0 Å². The van der Waals surface area contributed by atoms with Crippen molar-refractivity contribution >= 4 is 64.3 Å². The van der Waals surface area contributed by atoms with Gasteiger partial charge in [0.15, 0.2) is 0 Å². The van der Waals surface area contributed by atoms with E-state index in [1.54, 1.807) is 20.8 Å². The molecule has 0 radical (unpaired) electrons. The highest BCUT2D eigenvalue weighted by Crippen LogP contribution is 2.43. The van der Waals surface area contributed by atoms with Crippen LogP contribution in [0.4, 0.5) is 5.69 Å². The number of halogens is 4. The Bertz CT molecular complexity index is 538. The third-order valence-electron chi connectivity index (χ3n) is 2.32. The van der Waals surface area contributed by atoms with Gasteiger partial charge in [0.2, 0.25) is 6.29 Å². The topological polar surface area (TPSA) is 37.4 Å². The molecule has 0 unspecified atom stereocenters. The summed E-state index contributed by atoms with van der Waals surface area (Å²) in [5.41, 5.74) is -0.437. The Morgan fingerprint density at radius 2 is 1.63 bits per heavy atom. The molecular weight excluding hydrogens is 332 g/mol. The Morgan fingerprint density at radius 1 is 1.11 bits per heavy atom. The zero-order valence-electron chi connectivity index (χ0n) is 10.4. The van der Waals surface area contributed by atoms with Crippen LogP contribution in [-0.4, -0.2) is 17.7 Å². The van der Waals surface area contributed by atoms with E-state index in [4.69, 9.17) is 46.4 Å². The second kappa shape index (κ2) is 5.88. The van der Waals surface area contributed by atoms with Gasteiger partial charge in [-0.3, -0.25) is 14.5 Å². The van der Waals surface area contributed by atoms with E-state index in [2.05, 4.69) is 0 Å². The normalized spacial score (nSPS) is 11.3. The molecule has 0 spiro atoms. The standard InChI is InChI=1S/C12H11Cl4NO2/c1-12(2,3)17(8(19)5-18)7-4-6(13)9(14)11(16)10(7)15/h4-5H,1-3H3. The Hall–Kier alpha value is -0.480. The number of carbonyl (C=O) groups is 2. The number of hydrogen-bond donors (Lipinski definition) is 0. The van der Waals surface area contributed by atoms with Crippen LogP contribution in [0.3, 0.4) is 0 Å². The van der Waals surface area contributed by atoms with Crippen LogP contribution in [0.25, 0.3) is 0 Å². The number of hydrogen-bond acceptors (Lipinski definition) is 2. The molecule has 0 fully saturated rings. The van der Waals surface area contributed by atoms with Crippen LogP contribution >= 0.6 is 46.4 Å². The van der Waals surface area contributed by atoms with Gasteiger partial charge in [0.05, 0.1) is 25.8 Å². The number of rotatable bonds is 2. The van der Waals surface area contributed by atoms with E-state index in [0.717, 1.165) is 0 Å². The van der Waals surface area contributed by atoms with Crippen LogP contribution < -0.4 is 4.90 Å². The van der Waals surface area contributed by atoms with E-state index >= 15 is 0 Å². The molecule has 104 valence electrons. The molecule has 0 saturated heterocycles. The maximum absolute atomic E-state index is 11.8. The highest BCUT2D eigenvalue weighted by molar-refractivity contribution is 6.53. The van der Waals surface area contributed by atoms with Crippen molar-refractivity contribution in [1.29, 1.82) is 0 Å². The molecule has 0 atom stereocenters. The fraction of sp³-hybridized carbons (Fsp3) is 0.333. The van der Waals surface area contributed by atoms with E-state index < -0.39 is 11.4 Å². The van der Waals surface area contributed by atoms with Gasteiger partial charge < -0.3 is 0 Å².